The van der Waals surface area contributed by atoms with Gasteiger partial charge >= 0.3 is 111 Å². The third kappa shape index (κ3) is 1.94. The Bertz CT molecular complexity index is 757. The van der Waals surface area contributed by atoms with Gasteiger partial charge in [0.2, 0.25) is 0 Å². The van der Waals surface area contributed by atoms with Gasteiger partial charge in [0, 0.05) is 0 Å². The van der Waals surface area contributed by atoms with Gasteiger partial charge in [0.1, 0.15) is 0 Å². The number of hydrogen-bond donors (Lipinski definition) is 0. The van der Waals surface area contributed by atoms with Gasteiger partial charge in [-0.05, 0) is 0 Å². The van der Waals surface area contributed by atoms with Crippen LogP contribution in [0.5, 0.6) is 0 Å². The van der Waals surface area contributed by atoms with E-state index in [-0.39, 0.29) is 19.9 Å². The van der Waals surface area contributed by atoms with E-state index < -0.39 is 0 Å². The number of fused-ring (bicyclic) bond motifs is 1. The molecule has 0 radical (unpaired) electrons. The van der Waals surface area contributed by atoms with Crippen molar-refractivity contribution in [2.45, 2.75) is 6.92 Å². The normalized spacial score (nSPS) is 10.7. The van der Waals surface area contributed by atoms with Crippen LogP contribution in [0.1, 0.15) is 5.56 Å². The maximum atomic E-state index is 12.2. The Hall–Kier alpha value is -1.63. The van der Waals surface area contributed by atoms with Crippen molar-refractivity contribution in [3.05, 3.63) is 70.4 Å². The molecule has 3 aromatic rings. The number of benzene rings is 2. The molecule has 0 N–H and O–H groups in total. The fourth-order valence-corrected chi connectivity index (χ4v) is 4.47. The van der Waals surface area contributed by atoms with Gasteiger partial charge in [0.25, 0.3) is 0 Å². The van der Waals surface area contributed by atoms with Crippen LogP contribution in [-0.4, -0.2) is 14.5 Å². The summed E-state index contributed by atoms with van der Waals surface area (Å²) < 4.78 is 2.41. The number of rotatable bonds is 1. The molecule has 0 aliphatic carbocycles. The average Bonchev–Trinajstić information content (AvgIpc) is 2.41. The molecule has 0 unspecified atom stereocenters. The quantitative estimate of drug-likeness (QED) is 0.631. The summed E-state index contributed by atoms with van der Waals surface area (Å²) in [5.74, 6) is 0. The van der Waals surface area contributed by atoms with Gasteiger partial charge in [-0.25, -0.2) is 0 Å². The summed E-state index contributed by atoms with van der Waals surface area (Å²) in [6, 6.07) is 18.0. The average molecular weight is 299 g/mol. The maximum absolute atomic E-state index is 12.2. The Labute approximate surface area is 111 Å². The minimum absolute atomic E-state index is 0.140. The zero-order chi connectivity index (χ0) is 12.5. The van der Waals surface area contributed by atoms with Crippen molar-refractivity contribution in [1.82, 2.24) is 0 Å². The molecular formula is C16H12OSe. The minimum atomic E-state index is 0.140. The standard InChI is InChI=1S/C16H12OSe/c1-11-6-5-9-13-14(17)10-15(18-16(11)13)12-7-3-2-4-8-12/h2-10H,1H3. The van der Waals surface area contributed by atoms with Crippen molar-refractivity contribution < 1.29 is 0 Å². The molecule has 0 amide bonds. The van der Waals surface area contributed by atoms with Crippen LogP contribution in [0.15, 0.2) is 59.4 Å². The molecule has 18 heavy (non-hydrogen) atoms. The predicted molar refractivity (Wildman–Crippen MR) is 77.3 cm³/mol. The van der Waals surface area contributed by atoms with Gasteiger partial charge in [-0.15, -0.1) is 0 Å². The van der Waals surface area contributed by atoms with Crippen LogP contribution >= 0.6 is 0 Å². The fourth-order valence-electron chi connectivity index (χ4n) is 2.06. The van der Waals surface area contributed by atoms with Crippen molar-refractivity contribution in [1.29, 1.82) is 0 Å². The van der Waals surface area contributed by atoms with Gasteiger partial charge in [0.15, 0.2) is 0 Å². The van der Waals surface area contributed by atoms with E-state index in [1.807, 2.05) is 30.3 Å². The molecule has 0 saturated heterocycles. The van der Waals surface area contributed by atoms with E-state index in [4.69, 9.17) is 0 Å². The van der Waals surface area contributed by atoms with Crippen molar-refractivity contribution in [2.75, 3.05) is 0 Å². The van der Waals surface area contributed by atoms with Crippen LogP contribution in [0.3, 0.4) is 0 Å². The molecule has 0 fully saturated rings. The molecule has 1 aromatic heterocycles. The summed E-state index contributed by atoms with van der Waals surface area (Å²) in [6.07, 6.45) is 0. The van der Waals surface area contributed by atoms with Crippen LogP contribution in [0.2, 0.25) is 0 Å². The molecular weight excluding hydrogens is 287 g/mol. The molecule has 0 atom stereocenters. The van der Waals surface area contributed by atoms with E-state index in [9.17, 15) is 4.79 Å². The molecule has 0 spiro atoms. The Morgan fingerprint density at radius 3 is 2.50 bits per heavy atom. The second-order valence-corrected chi connectivity index (χ2v) is 6.50. The molecule has 0 aliphatic rings. The second-order valence-electron chi connectivity index (χ2n) is 4.29. The van der Waals surface area contributed by atoms with Crippen LogP contribution in [0.4, 0.5) is 0 Å². The molecule has 0 bridgehead atoms. The van der Waals surface area contributed by atoms with Crippen LogP contribution in [0.25, 0.3) is 19.6 Å². The van der Waals surface area contributed by atoms with Crippen molar-refractivity contribution in [3.8, 4) is 10.0 Å². The monoisotopic (exact) mass is 300 g/mol. The first-order chi connectivity index (χ1) is 8.75. The Balaban J connectivity index is 2.34. The zero-order valence-corrected chi connectivity index (χ0v) is 11.7. The van der Waals surface area contributed by atoms with E-state index in [0.717, 1.165) is 5.39 Å². The number of aryl methyl sites for hydroxylation is 1. The first kappa shape index (κ1) is 11.5. The van der Waals surface area contributed by atoms with Crippen molar-refractivity contribution in [3.63, 3.8) is 0 Å². The van der Waals surface area contributed by atoms with Crippen LogP contribution < -0.4 is 5.43 Å². The molecule has 1 heterocycles. The van der Waals surface area contributed by atoms with Crippen LogP contribution in [-0.2, 0) is 0 Å². The van der Waals surface area contributed by atoms with E-state index in [2.05, 4.69) is 25.1 Å². The summed E-state index contributed by atoms with van der Waals surface area (Å²) in [4.78, 5) is 12.2. The molecule has 2 aromatic carbocycles. The summed E-state index contributed by atoms with van der Waals surface area (Å²) in [6.45, 7) is 2.09. The van der Waals surface area contributed by atoms with Gasteiger partial charge < -0.3 is 0 Å². The van der Waals surface area contributed by atoms with Gasteiger partial charge in [-0.2, -0.15) is 0 Å². The Morgan fingerprint density at radius 1 is 0.944 bits per heavy atom. The predicted octanol–water partition coefficient (Wildman–Crippen LogP) is 3.23. The summed E-state index contributed by atoms with van der Waals surface area (Å²) in [5, 5.41) is 0.884. The Kier molecular flexibility index (Phi) is 2.91. The second kappa shape index (κ2) is 4.56. The van der Waals surface area contributed by atoms with E-state index in [1.54, 1.807) is 6.07 Å². The first-order valence-electron chi connectivity index (χ1n) is 5.84. The molecule has 88 valence electrons. The van der Waals surface area contributed by atoms with E-state index in [0.29, 0.717) is 0 Å². The Morgan fingerprint density at radius 2 is 1.72 bits per heavy atom. The fraction of sp³-hybridized carbons (Fsp3) is 0.0625. The van der Waals surface area contributed by atoms with E-state index >= 15 is 0 Å². The molecule has 0 aliphatic heterocycles. The summed E-state index contributed by atoms with van der Waals surface area (Å²) in [7, 11) is 0. The van der Waals surface area contributed by atoms with E-state index in [1.165, 1.54) is 19.8 Å². The molecule has 3 rings (SSSR count). The SMILES string of the molecule is Cc1cccc2c(=O)cc(-c3ccccc3)[se]c12. The van der Waals surface area contributed by atoms with Gasteiger partial charge in [-0.1, -0.05) is 0 Å². The third-order valence-corrected chi connectivity index (χ3v) is 5.78. The first-order valence-corrected chi connectivity index (χ1v) is 7.56. The van der Waals surface area contributed by atoms with Crippen LogP contribution in [0, 0.1) is 6.92 Å². The van der Waals surface area contributed by atoms with Crippen molar-refractivity contribution in [2.24, 2.45) is 0 Å². The molecule has 1 nitrogen and oxygen atoms in total. The number of hydrogen-bond acceptors (Lipinski definition) is 1. The topological polar surface area (TPSA) is 17.1 Å². The van der Waals surface area contributed by atoms with Crippen molar-refractivity contribution >= 4 is 24.1 Å². The summed E-state index contributed by atoms with van der Waals surface area (Å²) in [5.41, 5.74) is 2.53. The van der Waals surface area contributed by atoms with Gasteiger partial charge in [-0.3, -0.25) is 0 Å². The zero-order valence-electron chi connectivity index (χ0n) is 10.0. The molecule has 0 saturated carbocycles. The third-order valence-electron chi connectivity index (χ3n) is 3.01. The molecule has 2 heteroatoms. The van der Waals surface area contributed by atoms with Gasteiger partial charge in [0.05, 0.1) is 0 Å². The summed E-state index contributed by atoms with van der Waals surface area (Å²) >= 11 is 0.218.